The lowest BCUT2D eigenvalue weighted by molar-refractivity contribution is -0.167. The second-order valence-corrected chi connectivity index (χ2v) is 6.84. The van der Waals surface area contributed by atoms with E-state index in [-0.39, 0.29) is 33.1 Å². The minimum absolute atomic E-state index is 0.0344. The maximum atomic E-state index is 13.5. The van der Waals surface area contributed by atoms with Crippen LogP contribution in [0.25, 0.3) is 37.7 Å². The zero-order valence-electron chi connectivity index (χ0n) is 16.1. The van der Waals surface area contributed by atoms with Gasteiger partial charge in [-0.1, -0.05) is 0 Å². The van der Waals surface area contributed by atoms with Crippen LogP contribution in [-0.2, 0) is 12.4 Å². The summed E-state index contributed by atoms with van der Waals surface area (Å²) < 4.78 is 80.8. The second-order valence-electron chi connectivity index (χ2n) is 6.84. The minimum Gasteiger partial charge on any atom is -0.249 e. The zero-order chi connectivity index (χ0) is 23.6. The molecule has 2 aromatic carbocycles. The molecule has 2 aromatic heterocycles. The number of aryl methyl sites for hydroxylation is 2. The van der Waals surface area contributed by atoms with Crippen molar-refractivity contribution in [1.82, 2.24) is 19.9 Å². The molecule has 0 N–H and O–H groups in total. The SMILES string of the molecule is [C-]#[N+]c1cc2c(cc1C#N)c1nc(C(F)(F)F)c(C(F)(F)F)nc1c1nc(C)c(C)nc21. The summed E-state index contributed by atoms with van der Waals surface area (Å²) in [5.74, 6) is 0. The van der Waals surface area contributed by atoms with Crippen LogP contribution in [0.1, 0.15) is 28.3 Å². The van der Waals surface area contributed by atoms with E-state index in [4.69, 9.17) is 6.57 Å². The maximum Gasteiger partial charge on any atom is 0.435 e. The molecule has 0 aliphatic carbocycles. The van der Waals surface area contributed by atoms with Gasteiger partial charge < -0.3 is 0 Å². The fourth-order valence-corrected chi connectivity index (χ4v) is 3.30. The molecule has 0 spiro atoms. The van der Waals surface area contributed by atoms with Gasteiger partial charge in [0.25, 0.3) is 0 Å². The van der Waals surface area contributed by atoms with Crippen LogP contribution in [0.4, 0.5) is 32.0 Å². The van der Waals surface area contributed by atoms with E-state index in [2.05, 4.69) is 24.8 Å². The molecule has 0 aliphatic heterocycles. The van der Waals surface area contributed by atoms with Crippen LogP contribution in [0, 0.1) is 31.8 Å². The van der Waals surface area contributed by atoms with Crippen LogP contribution in [0.3, 0.4) is 0 Å². The summed E-state index contributed by atoms with van der Waals surface area (Å²) in [6.45, 7) is 10.4. The second kappa shape index (κ2) is 6.72. The first-order valence-electron chi connectivity index (χ1n) is 8.75. The predicted molar refractivity (Wildman–Crippen MR) is 101 cm³/mol. The summed E-state index contributed by atoms with van der Waals surface area (Å²) in [5.41, 5.74) is -5.16. The molecule has 0 bridgehead atoms. The van der Waals surface area contributed by atoms with Crippen molar-refractivity contribution in [1.29, 1.82) is 5.26 Å². The molecule has 0 unspecified atom stereocenters. The Hall–Kier alpha value is -4.06. The van der Waals surface area contributed by atoms with Gasteiger partial charge in [0.2, 0.25) is 5.69 Å². The molecular formula is C20H8F6N6. The van der Waals surface area contributed by atoms with E-state index in [0.717, 1.165) is 6.07 Å². The van der Waals surface area contributed by atoms with Gasteiger partial charge >= 0.3 is 12.4 Å². The van der Waals surface area contributed by atoms with Gasteiger partial charge in [-0.2, -0.15) is 31.6 Å². The average Bonchev–Trinajstić information content (AvgIpc) is 2.71. The number of aromatic nitrogens is 4. The van der Waals surface area contributed by atoms with E-state index in [9.17, 15) is 31.6 Å². The highest BCUT2D eigenvalue weighted by molar-refractivity contribution is 6.21. The van der Waals surface area contributed by atoms with Crippen molar-refractivity contribution < 1.29 is 26.3 Å². The van der Waals surface area contributed by atoms with Crippen LogP contribution in [0.15, 0.2) is 12.1 Å². The molecule has 0 radical (unpaired) electrons. The van der Waals surface area contributed by atoms with Crippen molar-refractivity contribution in [2.24, 2.45) is 0 Å². The molecule has 6 nitrogen and oxygen atoms in total. The summed E-state index contributed by atoms with van der Waals surface area (Å²) in [7, 11) is 0. The monoisotopic (exact) mass is 446 g/mol. The van der Waals surface area contributed by atoms with Crippen molar-refractivity contribution in [3.05, 3.63) is 51.9 Å². The summed E-state index contributed by atoms with van der Waals surface area (Å²) in [4.78, 5) is 18.4. The van der Waals surface area contributed by atoms with Gasteiger partial charge in [-0.3, -0.25) is 0 Å². The highest BCUT2D eigenvalue weighted by Gasteiger charge is 2.47. The number of rotatable bonds is 0. The number of nitrogens with zero attached hydrogens (tertiary/aromatic N) is 6. The van der Waals surface area contributed by atoms with E-state index in [1.54, 1.807) is 13.0 Å². The highest BCUT2D eigenvalue weighted by Crippen LogP contribution is 2.42. The fourth-order valence-electron chi connectivity index (χ4n) is 3.30. The van der Waals surface area contributed by atoms with Gasteiger partial charge in [0, 0.05) is 10.8 Å². The van der Waals surface area contributed by atoms with Crippen molar-refractivity contribution in [2.45, 2.75) is 26.2 Å². The molecule has 0 saturated heterocycles. The summed E-state index contributed by atoms with van der Waals surface area (Å²) >= 11 is 0. The highest BCUT2D eigenvalue weighted by atomic mass is 19.4. The smallest absolute Gasteiger partial charge is 0.249 e. The Bertz CT molecular complexity index is 1540. The third kappa shape index (κ3) is 3.12. The van der Waals surface area contributed by atoms with Crippen LogP contribution < -0.4 is 0 Å². The molecule has 4 aromatic rings. The third-order valence-corrected chi connectivity index (χ3v) is 4.85. The van der Waals surface area contributed by atoms with Crippen LogP contribution in [-0.4, -0.2) is 19.9 Å². The Morgan fingerprint density at radius 2 is 1.22 bits per heavy atom. The Balaban J connectivity index is 2.38. The van der Waals surface area contributed by atoms with Gasteiger partial charge in [0.15, 0.2) is 11.4 Å². The Labute approximate surface area is 175 Å². The predicted octanol–water partition coefficient (Wildman–Crippen LogP) is 5.80. The molecule has 2 heterocycles. The molecular weight excluding hydrogens is 438 g/mol. The van der Waals surface area contributed by atoms with Crippen molar-refractivity contribution >= 4 is 38.5 Å². The fraction of sp³-hybridized carbons (Fsp3) is 0.200. The standard InChI is InChI=1S/C20H8F6N6/c1-7-8(2)30-15-13(29-7)11-5-12(28-3)9(6-27)4-10(11)14-16(15)32-18(20(24,25)26)17(31-14)19(21,22)23/h4-5H,1-2H3. The Kier molecular flexibility index (Phi) is 4.45. The molecule has 32 heavy (non-hydrogen) atoms. The topological polar surface area (TPSA) is 79.7 Å². The van der Waals surface area contributed by atoms with Crippen LogP contribution in [0.2, 0.25) is 0 Å². The normalized spacial score (nSPS) is 12.3. The number of alkyl halides is 6. The van der Waals surface area contributed by atoms with Gasteiger partial charge in [-0.05, 0) is 26.0 Å². The molecule has 12 heteroatoms. The molecule has 0 fully saturated rings. The lowest BCUT2D eigenvalue weighted by Crippen LogP contribution is -2.21. The molecule has 160 valence electrons. The summed E-state index contributed by atoms with van der Waals surface area (Å²) in [6, 6.07) is 4.09. The van der Waals surface area contributed by atoms with Gasteiger partial charge in [0.05, 0.1) is 40.6 Å². The quantitative estimate of drug-likeness (QED) is 0.194. The average molecular weight is 446 g/mol. The van der Waals surface area contributed by atoms with E-state index >= 15 is 0 Å². The minimum atomic E-state index is -5.45. The Morgan fingerprint density at radius 1 is 0.781 bits per heavy atom. The zero-order valence-corrected chi connectivity index (χ0v) is 16.1. The molecule has 0 atom stereocenters. The molecule has 0 saturated carbocycles. The van der Waals surface area contributed by atoms with E-state index < -0.39 is 34.8 Å². The van der Waals surface area contributed by atoms with Crippen molar-refractivity contribution in [3.63, 3.8) is 0 Å². The largest absolute Gasteiger partial charge is 0.435 e. The third-order valence-electron chi connectivity index (χ3n) is 4.85. The van der Waals surface area contributed by atoms with Gasteiger partial charge in [0.1, 0.15) is 11.0 Å². The lowest BCUT2D eigenvalue weighted by atomic mass is 10.0. The Morgan fingerprint density at radius 3 is 1.72 bits per heavy atom. The summed E-state index contributed by atoms with van der Waals surface area (Å²) in [6.07, 6.45) is -10.9. The molecule has 0 amide bonds. The number of hydrogen-bond donors (Lipinski definition) is 0. The number of fused-ring (bicyclic) bond motifs is 6. The number of hydrogen-bond acceptors (Lipinski definition) is 5. The molecule has 4 rings (SSSR count). The lowest BCUT2D eigenvalue weighted by Gasteiger charge is -2.17. The van der Waals surface area contributed by atoms with Crippen molar-refractivity contribution in [3.8, 4) is 6.07 Å². The summed E-state index contributed by atoms with van der Waals surface area (Å²) in [5, 5.41) is 9.35. The van der Waals surface area contributed by atoms with Gasteiger partial charge in [-0.25, -0.2) is 24.8 Å². The molecule has 0 aliphatic rings. The van der Waals surface area contributed by atoms with Gasteiger partial charge in [-0.15, -0.1) is 0 Å². The van der Waals surface area contributed by atoms with Crippen molar-refractivity contribution in [2.75, 3.05) is 0 Å². The first kappa shape index (κ1) is 21.2. The van der Waals surface area contributed by atoms with E-state index in [1.165, 1.54) is 13.0 Å². The number of benzene rings is 2. The number of halogens is 6. The first-order valence-corrected chi connectivity index (χ1v) is 8.75. The number of nitriles is 1. The first-order chi connectivity index (χ1) is 14.9. The maximum absolute atomic E-state index is 13.5. The van der Waals surface area contributed by atoms with E-state index in [1.807, 2.05) is 0 Å². The van der Waals surface area contributed by atoms with Crippen LogP contribution in [0.5, 0.6) is 0 Å². The van der Waals surface area contributed by atoms with Crippen LogP contribution >= 0.6 is 0 Å². The van der Waals surface area contributed by atoms with E-state index in [0.29, 0.717) is 11.4 Å².